The van der Waals surface area contributed by atoms with E-state index in [1.165, 1.54) is 12.7 Å². The van der Waals surface area contributed by atoms with E-state index in [9.17, 15) is 4.79 Å². The lowest BCUT2D eigenvalue weighted by Gasteiger charge is -2.15. The molecule has 1 aromatic heterocycles. The van der Waals surface area contributed by atoms with Gasteiger partial charge in [0.2, 0.25) is 5.82 Å². The van der Waals surface area contributed by atoms with Crippen molar-refractivity contribution in [2.45, 2.75) is 25.9 Å². The highest BCUT2D eigenvalue weighted by Gasteiger charge is 2.11. The lowest BCUT2D eigenvalue weighted by molar-refractivity contribution is 0.0600. The van der Waals surface area contributed by atoms with E-state index >= 15 is 0 Å². The van der Waals surface area contributed by atoms with Crippen LogP contribution in [0.1, 0.15) is 39.0 Å². The van der Waals surface area contributed by atoms with Gasteiger partial charge in [0.1, 0.15) is 12.4 Å². The second-order valence-corrected chi connectivity index (χ2v) is 10.3. The number of carbonyl (C=O) groups excluding carboxylic acids is 1. The number of ether oxygens (including phenoxy) is 2. The molecule has 1 heterocycles. The predicted octanol–water partition coefficient (Wildman–Crippen LogP) is 7.39. The number of aromatic amines is 1. The summed E-state index contributed by atoms with van der Waals surface area (Å²) in [5.41, 5.74) is 5.78. The van der Waals surface area contributed by atoms with E-state index in [2.05, 4.69) is 51.0 Å². The number of hydrogen-bond acceptors (Lipinski definition) is 6. The second-order valence-electron chi connectivity index (χ2n) is 9.90. The van der Waals surface area contributed by atoms with Crippen molar-refractivity contribution in [1.29, 1.82) is 0 Å². The van der Waals surface area contributed by atoms with Crippen LogP contribution in [0.2, 0.25) is 5.02 Å². The van der Waals surface area contributed by atoms with Gasteiger partial charge in [-0.3, -0.25) is 0 Å². The number of benzene rings is 4. The first-order valence-electron chi connectivity index (χ1n) is 13.7. The number of hydrogen-bond donors (Lipinski definition) is 1. The number of carbonyl (C=O) groups is 1. The Bertz CT molecular complexity index is 1620. The maximum Gasteiger partial charge on any atom is 0.337 e. The first kappa shape index (κ1) is 28.8. The number of allylic oxidation sites excluding steroid dienone is 1. The van der Waals surface area contributed by atoms with Crippen LogP contribution in [-0.4, -0.2) is 33.7 Å². The van der Waals surface area contributed by atoms with Crippen molar-refractivity contribution < 1.29 is 14.3 Å². The van der Waals surface area contributed by atoms with E-state index in [4.69, 9.17) is 21.1 Å². The van der Waals surface area contributed by atoms with Gasteiger partial charge in [0.05, 0.1) is 12.7 Å². The monoisotopic (exact) mass is 578 g/mol. The van der Waals surface area contributed by atoms with Crippen LogP contribution in [0.5, 0.6) is 5.75 Å². The van der Waals surface area contributed by atoms with Crippen LogP contribution in [0.15, 0.2) is 103 Å². The Labute approximate surface area is 250 Å². The summed E-state index contributed by atoms with van der Waals surface area (Å²) >= 11 is 6.34. The molecular weight excluding hydrogens is 548 g/mol. The molecule has 212 valence electrons. The normalized spacial score (nSPS) is 11.9. The molecular formula is C34H31ClN4O3. The lowest BCUT2D eigenvalue weighted by atomic mass is 9.91. The Morgan fingerprint density at radius 1 is 0.929 bits per heavy atom. The summed E-state index contributed by atoms with van der Waals surface area (Å²) in [5, 5.41) is 14.9. The van der Waals surface area contributed by atoms with Gasteiger partial charge in [-0.2, -0.15) is 5.21 Å². The summed E-state index contributed by atoms with van der Waals surface area (Å²) < 4.78 is 11.0. The van der Waals surface area contributed by atoms with Gasteiger partial charge in [-0.05, 0) is 65.8 Å². The van der Waals surface area contributed by atoms with Gasteiger partial charge in [-0.25, -0.2) is 4.79 Å². The number of esters is 1. The summed E-state index contributed by atoms with van der Waals surface area (Å²) in [5.74, 6) is 1.28. The summed E-state index contributed by atoms with van der Waals surface area (Å²) in [6.07, 6.45) is 7.03. The van der Waals surface area contributed by atoms with Crippen LogP contribution >= 0.6 is 11.6 Å². The Morgan fingerprint density at radius 2 is 1.67 bits per heavy atom. The average molecular weight is 579 g/mol. The first-order valence-corrected chi connectivity index (χ1v) is 14.1. The van der Waals surface area contributed by atoms with Crippen LogP contribution in [0.4, 0.5) is 0 Å². The maximum absolute atomic E-state index is 11.9. The molecule has 0 bridgehead atoms. The summed E-state index contributed by atoms with van der Waals surface area (Å²) in [4.78, 5) is 11.9. The number of halogens is 1. The quantitative estimate of drug-likeness (QED) is 0.155. The fourth-order valence-electron chi connectivity index (χ4n) is 4.68. The molecule has 0 saturated carbocycles. The maximum atomic E-state index is 11.9. The SMILES string of the molecule is COC(=O)c1ccc(CC(/C=C/c2ccccc2OCc2ccccc2Cl)CCc2ccc(-c3nn[nH]n3)cc2)cc1. The minimum atomic E-state index is -0.337. The molecule has 0 aliphatic heterocycles. The van der Waals surface area contributed by atoms with Crippen LogP contribution in [0.3, 0.4) is 0 Å². The van der Waals surface area contributed by atoms with E-state index in [-0.39, 0.29) is 11.9 Å². The van der Waals surface area contributed by atoms with Crippen molar-refractivity contribution in [3.05, 3.63) is 136 Å². The van der Waals surface area contributed by atoms with Crippen molar-refractivity contribution in [1.82, 2.24) is 20.6 Å². The van der Waals surface area contributed by atoms with Crippen LogP contribution in [0.25, 0.3) is 17.5 Å². The van der Waals surface area contributed by atoms with Crippen LogP contribution in [-0.2, 0) is 24.2 Å². The summed E-state index contributed by atoms with van der Waals surface area (Å²) in [6.45, 7) is 0.389. The Hall–Kier alpha value is -4.75. The van der Waals surface area contributed by atoms with Gasteiger partial charge in [-0.1, -0.05) is 96.5 Å². The molecule has 7 nitrogen and oxygen atoms in total. The zero-order chi connectivity index (χ0) is 29.1. The zero-order valence-electron chi connectivity index (χ0n) is 23.2. The van der Waals surface area contributed by atoms with E-state index in [1.807, 2.05) is 78.9 Å². The van der Waals surface area contributed by atoms with E-state index in [1.54, 1.807) is 0 Å². The minimum Gasteiger partial charge on any atom is -0.488 e. The zero-order valence-corrected chi connectivity index (χ0v) is 24.0. The summed E-state index contributed by atoms with van der Waals surface area (Å²) in [6, 6.07) is 31.6. The molecule has 4 aromatic carbocycles. The second kappa shape index (κ2) is 14.2. The fraction of sp³-hybridized carbons (Fsp3) is 0.176. The molecule has 0 spiro atoms. The fourth-order valence-corrected chi connectivity index (χ4v) is 4.87. The van der Waals surface area contributed by atoms with E-state index in [0.717, 1.165) is 47.3 Å². The molecule has 0 amide bonds. The van der Waals surface area contributed by atoms with Gasteiger partial charge in [0, 0.05) is 21.7 Å². The third kappa shape index (κ3) is 7.71. The van der Waals surface area contributed by atoms with Crippen LogP contribution in [0, 0.1) is 5.92 Å². The molecule has 8 heteroatoms. The molecule has 0 aliphatic rings. The number of para-hydroxylation sites is 1. The van der Waals surface area contributed by atoms with Gasteiger partial charge in [-0.15, -0.1) is 10.2 Å². The highest BCUT2D eigenvalue weighted by molar-refractivity contribution is 6.31. The molecule has 1 unspecified atom stereocenters. The number of aromatic nitrogens is 4. The van der Waals surface area contributed by atoms with Gasteiger partial charge >= 0.3 is 5.97 Å². The number of rotatable bonds is 12. The first-order chi connectivity index (χ1) is 20.6. The standard InChI is InChI=1S/C34H31ClN4O3/c1-41-34(40)29-20-15-26(16-21-29)22-25(11-10-24-12-18-28(19-13-24)33-36-38-39-37-33)14-17-27-6-3-5-9-32(27)42-23-30-7-2-4-8-31(30)35/h2-9,12-21,25H,10-11,22-23H2,1H3,(H,36,37,38,39)/b17-14+. The minimum absolute atomic E-state index is 0.238. The van der Waals surface area contributed by atoms with Gasteiger partial charge in [0.15, 0.2) is 0 Å². The Kier molecular flexibility index (Phi) is 9.75. The molecule has 0 radical (unpaired) electrons. The Morgan fingerprint density at radius 3 is 2.40 bits per heavy atom. The molecule has 0 aliphatic carbocycles. The van der Waals surface area contributed by atoms with E-state index < -0.39 is 0 Å². The van der Waals surface area contributed by atoms with Gasteiger partial charge in [0.25, 0.3) is 0 Å². The highest BCUT2D eigenvalue weighted by Crippen LogP contribution is 2.26. The smallest absolute Gasteiger partial charge is 0.337 e. The molecule has 1 atom stereocenters. The number of H-pyrrole nitrogens is 1. The number of tetrazole rings is 1. The third-order valence-electron chi connectivity index (χ3n) is 7.04. The van der Waals surface area contributed by atoms with Crippen molar-refractivity contribution >= 4 is 23.6 Å². The number of nitrogens with one attached hydrogen (secondary N) is 1. The van der Waals surface area contributed by atoms with Crippen molar-refractivity contribution in [2.24, 2.45) is 5.92 Å². The molecule has 0 fully saturated rings. The number of nitrogens with zero attached hydrogens (tertiary/aromatic N) is 3. The molecule has 5 rings (SSSR count). The van der Waals surface area contributed by atoms with Crippen molar-refractivity contribution in [3.8, 4) is 17.1 Å². The molecule has 42 heavy (non-hydrogen) atoms. The third-order valence-corrected chi connectivity index (χ3v) is 7.41. The number of aryl methyl sites for hydroxylation is 1. The summed E-state index contributed by atoms with van der Waals surface area (Å²) in [7, 11) is 1.39. The Balaban J connectivity index is 1.31. The molecule has 0 saturated heterocycles. The van der Waals surface area contributed by atoms with Crippen molar-refractivity contribution in [3.63, 3.8) is 0 Å². The molecule has 5 aromatic rings. The number of methoxy groups -OCH3 is 1. The van der Waals surface area contributed by atoms with Gasteiger partial charge < -0.3 is 9.47 Å². The topological polar surface area (TPSA) is 90.0 Å². The highest BCUT2D eigenvalue weighted by atomic mass is 35.5. The van der Waals surface area contributed by atoms with Crippen LogP contribution < -0.4 is 4.74 Å². The van der Waals surface area contributed by atoms with Crippen molar-refractivity contribution in [2.75, 3.05) is 7.11 Å². The predicted molar refractivity (Wildman–Crippen MR) is 164 cm³/mol. The lowest BCUT2D eigenvalue weighted by Crippen LogP contribution is -2.05. The average Bonchev–Trinajstić information content (AvgIpc) is 3.58. The molecule has 1 N–H and O–H groups in total. The largest absolute Gasteiger partial charge is 0.488 e. The van der Waals surface area contributed by atoms with E-state index in [0.29, 0.717) is 23.0 Å².